The highest BCUT2D eigenvalue weighted by Gasteiger charge is 1.99. The van der Waals surface area contributed by atoms with E-state index in [1.165, 1.54) is 0 Å². The molecule has 0 unspecified atom stereocenters. The van der Waals surface area contributed by atoms with Crippen LogP contribution in [-0.4, -0.2) is 36.1 Å². The summed E-state index contributed by atoms with van der Waals surface area (Å²) in [5, 5.41) is 0. The average Bonchev–Trinajstić information content (AvgIpc) is 2.35. The first-order valence-electron chi connectivity index (χ1n) is 5.73. The van der Waals surface area contributed by atoms with Crippen molar-refractivity contribution in [2.24, 2.45) is 0 Å². The second-order valence-corrected chi connectivity index (χ2v) is 3.50. The summed E-state index contributed by atoms with van der Waals surface area (Å²) in [4.78, 5) is 6.50. The molecule has 3 nitrogen and oxygen atoms in total. The van der Waals surface area contributed by atoms with E-state index < -0.39 is 0 Å². The van der Waals surface area contributed by atoms with Gasteiger partial charge in [0.1, 0.15) is 12.4 Å². The smallest absolute Gasteiger partial charge is 0.137 e. The van der Waals surface area contributed by atoms with Gasteiger partial charge in [-0.05, 0) is 31.3 Å². The van der Waals surface area contributed by atoms with Crippen LogP contribution in [0.4, 0.5) is 0 Å². The number of likely N-dealkylation sites (N-methyl/N-ethyl adjacent to an activating group) is 1. The van der Waals surface area contributed by atoms with Gasteiger partial charge in [-0.15, -0.1) is 0 Å². The predicted molar refractivity (Wildman–Crippen MR) is 67.6 cm³/mol. The molecule has 0 fully saturated rings. The quantitative estimate of drug-likeness (QED) is 0.705. The minimum Gasteiger partial charge on any atom is -0.491 e. The number of pyridine rings is 1. The van der Waals surface area contributed by atoms with Crippen molar-refractivity contribution < 1.29 is 4.74 Å². The van der Waals surface area contributed by atoms with Gasteiger partial charge in [-0.25, -0.2) is 0 Å². The second kappa shape index (κ2) is 7.01. The van der Waals surface area contributed by atoms with Crippen LogP contribution >= 0.6 is 0 Å². The Morgan fingerprint density at radius 3 is 2.62 bits per heavy atom. The van der Waals surface area contributed by atoms with Crippen molar-refractivity contribution in [1.29, 1.82) is 0 Å². The number of rotatable bonds is 7. The normalized spacial score (nSPS) is 10.4. The molecule has 88 valence electrons. The summed E-state index contributed by atoms with van der Waals surface area (Å²) in [6.45, 7) is 11.8. The summed E-state index contributed by atoms with van der Waals surface area (Å²) in [5.41, 5.74) is 0.871. The molecule has 3 heteroatoms. The summed E-state index contributed by atoms with van der Waals surface area (Å²) in [7, 11) is 0. The molecule has 0 bridgehead atoms. The van der Waals surface area contributed by atoms with E-state index >= 15 is 0 Å². The Balaban J connectivity index is 2.34. The highest BCUT2D eigenvalue weighted by Crippen LogP contribution is 2.09. The monoisotopic (exact) mass is 220 g/mol. The van der Waals surface area contributed by atoms with E-state index in [1.807, 2.05) is 12.1 Å². The molecule has 16 heavy (non-hydrogen) atoms. The van der Waals surface area contributed by atoms with E-state index in [0.29, 0.717) is 6.61 Å². The van der Waals surface area contributed by atoms with E-state index in [4.69, 9.17) is 4.74 Å². The van der Waals surface area contributed by atoms with Crippen LogP contribution in [0.15, 0.2) is 24.9 Å². The van der Waals surface area contributed by atoms with Crippen LogP contribution in [0.2, 0.25) is 0 Å². The van der Waals surface area contributed by atoms with Crippen molar-refractivity contribution in [1.82, 2.24) is 9.88 Å². The van der Waals surface area contributed by atoms with Crippen LogP contribution in [0.3, 0.4) is 0 Å². The molecule has 1 aromatic rings. The molecule has 0 atom stereocenters. The average molecular weight is 220 g/mol. The van der Waals surface area contributed by atoms with Crippen molar-refractivity contribution in [2.45, 2.75) is 13.8 Å². The zero-order valence-corrected chi connectivity index (χ0v) is 10.1. The molecule has 0 N–H and O–H groups in total. The molecule has 1 aromatic heterocycles. The third-order valence-corrected chi connectivity index (χ3v) is 2.54. The Labute approximate surface area is 97.8 Å². The highest BCUT2D eigenvalue weighted by atomic mass is 16.5. The molecular weight excluding hydrogens is 200 g/mol. The van der Waals surface area contributed by atoms with Crippen LogP contribution in [0.1, 0.15) is 19.5 Å². The van der Waals surface area contributed by atoms with Crippen LogP contribution < -0.4 is 4.74 Å². The topological polar surface area (TPSA) is 25.4 Å². The molecule has 0 saturated carbocycles. The molecule has 0 aliphatic carbocycles. The molecule has 0 amide bonds. The standard InChI is InChI=1S/C13H20N2O/c1-4-12-7-8-13(11-14-12)16-10-9-15(5-2)6-3/h4,7-8,11H,1,5-6,9-10H2,2-3H3. The zero-order chi connectivity index (χ0) is 11.8. The molecule has 0 saturated heterocycles. The molecule has 0 radical (unpaired) electrons. The van der Waals surface area contributed by atoms with Crippen molar-refractivity contribution in [2.75, 3.05) is 26.2 Å². The summed E-state index contributed by atoms with van der Waals surface area (Å²) in [5.74, 6) is 0.817. The first-order chi connectivity index (χ1) is 7.80. The maximum absolute atomic E-state index is 5.60. The minimum atomic E-state index is 0.705. The van der Waals surface area contributed by atoms with E-state index in [9.17, 15) is 0 Å². The maximum atomic E-state index is 5.60. The maximum Gasteiger partial charge on any atom is 0.137 e. The lowest BCUT2D eigenvalue weighted by atomic mass is 10.3. The number of hydrogen-bond acceptors (Lipinski definition) is 3. The molecule has 1 heterocycles. The number of aromatic nitrogens is 1. The van der Waals surface area contributed by atoms with Crippen LogP contribution in [0.25, 0.3) is 6.08 Å². The second-order valence-electron chi connectivity index (χ2n) is 3.50. The number of hydrogen-bond donors (Lipinski definition) is 0. The van der Waals surface area contributed by atoms with Crippen molar-refractivity contribution in [3.05, 3.63) is 30.6 Å². The lowest BCUT2D eigenvalue weighted by molar-refractivity contribution is 0.222. The first kappa shape index (κ1) is 12.7. The van der Waals surface area contributed by atoms with E-state index in [0.717, 1.165) is 31.1 Å². The van der Waals surface area contributed by atoms with Crippen LogP contribution in [0.5, 0.6) is 5.75 Å². The van der Waals surface area contributed by atoms with Gasteiger partial charge in [-0.1, -0.05) is 20.4 Å². The Hall–Kier alpha value is -1.35. The van der Waals surface area contributed by atoms with E-state index in [1.54, 1.807) is 12.3 Å². The summed E-state index contributed by atoms with van der Waals surface area (Å²) in [6, 6.07) is 3.83. The molecule has 1 rings (SSSR count). The SMILES string of the molecule is C=Cc1ccc(OCCN(CC)CC)cn1. The molecular formula is C13H20N2O. The first-order valence-corrected chi connectivity index (χ1v) is 5.73. The Morgan fingerprint density at radius 2 is 2.12 bits per heavy atom. The van der Waals surface area contributed by atoms with Gasteiger partial charge in [-0.3, -0.25) is 4.98 Å². The Morgan fingerprint density at radius 1 is 1.38 bits per heavy atom. The third-order valence-electron chi connectivity index (χ3n) is 2.54. The van der Waals surface area contributed by atoms with Gasteiger partial charge in [0.2, 0.25) is 0 Å². The van der Waals surface area contributed by atoms with Crippen LogP contribution in [-0.2, 0) is 0 Å². The third kappa shape index (κ3) is 4.03. The minimum absolute atomic E-state index is 0.705. The highest BCUT2D eigenvalue weighted by molar-refractivity contribution is 5.42. The number of ether oxygens (including phenoxy) is 1. The fourth-order valence-corrected chi connectivity index (χ4v) is 1.43. The zero-order valence-electron chi connectivity index (χ0n) is 10.1. The summed E-state index contributed by atoms with van der Waals surface area (Å²) < 4.78 is 5.60. The molecule has 0 aliphatic heterocycles. The van der Waals surface area contributed by atoms with Gasteiger partial charge in [-0.2, -0.15) is 0 Å². The molecule has 0 spiro atoms. The van der Waals surface area contributed by atoms with Gasteiger partial charge in [0.25, 0.3) is 0 Å². The van der Waals surface area contributed by atoms with Crippen LogP contribution in [0, 0.1) is 0 Å². The van der Waals surface area contributed by atoms with Crippen molar-refractivity contribution in [3.63, 3.8) is 0 Å². The van der Waals surface area contributed by atoms with E-state index in [2.05, 4.69) is 30.3 Å². The van der Waals surface area contributed by atoms with E-state index in [-0.39, 0.29) is 0 Å². The molecule has 0 aromatic carbocycles. The fraction of sp³-hybridized carbons (Fsp3) is 0.462. The van der Waals surface area contributed by atoms with Gasteiger partial charge < -0.3 is 9.64 Å². The summed E-state index contributed by atoms with van der Waals surface area (Å²) >= 11 is 0. The van der Waals surface area contributed by atoms with Gasteiger partial charge in [0.05, 0.1) is 11.9 Å². The van der Waals surface area contributed by atoms with Crippen molar-refractivity contribution >= 4 is 6.08 Å². The lowest BCUT2D eigenvalue weighted by Gasteiger charge is -2.17. The number of nitrogens with zero attached hydrogens (tertiary/aromatic N) is 2. The summed E-state index contributed by atoms with van der Waals surface area (Å²) in [6.07, 6.45) is 3.46. The van der Waals surface area contributed by atoms with Gasteiger partial charge in [0, 0.05) is 6.54 Å². The largest absolute Gasteiger partial charge is 0.491 e. The lowest BCUT2D eigenvalue weighted by Crippen LogP contribution is -2.27. The van der Waals surface area contributed by atoms with Gasteiger partial charge >= 0.3 is 0 Å². The predicted octanol–water partition coefficient (Wildman–Crippen LogP) is 2.45. The van der Waals surface area contributed by atoms with Gasteiger partial charge in [0.15, 0.2) is 0 Å². The molecule has 0 aliphatic rings. The Bertz CT molecular complexity index is 304. The fourth-order valence-electron chi connectivity index (χ4n) is 1.43. The Kier molecular flexibility index (Phi) is 5.57. The van der Waals surface area contributed by atoms with Crippen molar-refractivity contribution in [3.8, 4) is 5.75 Å².